The van der Waals surface area contributed by atoms with Crippen molar-refractivity contribution in [2.45, 2.75) is 34.2 Å². The van der Waals surface area contributed by atoms with Crippen LogP contribution in [0.4, 0.5) is 5.69 Å². The molecule has 0 aromatic heterocycles. The molecule has 0 fully saturated rings. The summed E-state index contributed by atoms with van der Waals surface area (Å²) in [6.07, 6.45) is 0. The molecule has 0 atom stereocenters. The molecule has 0 bridgehead atoms. The third-order valence-electron chi connectivity index (χ3n) is 4.28. The van der Waals surface area contributed by atoms with Crippen molar-refractivity contribution in [1.29, 1.82) is 0 Å². The van der Waals surface area contributed by atoms with Gasteiger partial charge in [-0.25, -0.2) is 0 Å². The average molecular weight is 310 g/mol. The van der Waals surface area contributed by atoms with Gasteiger partial charge in [0, 0.05) is 17.8 Å². The van der Waals surface area contributed by atoms with E-state index < -0.39 is 0 Å². The van der Waals surface area contributed by atoms with Crippen LogP contribution < -0.4 is 5.32 Å². The minimum absolute atomic E-state index is 0.0670. The molecule has 122 valence electrons. The fourth-order valence-electron chi connectivity index (χ4n) is 2.49. The second-order valence-corrected chi connectivity index (χ2v) is 5.91. The molecule has 0 unspecified atom stereocenters. The van der Waals surface area contributed by atoms with Gasteiger partial charge in [0.1, 0.15) is 0 Å². The monoisotopic (exact) mass is 310 g/mol. The fourth-order valence-corrected chi connectivity index (χ4v) is 2.49. The van der Waals surface area contributed by atoms with E-state index in [2.05, 4.69) is 31.0 Å². The van der Waals surface area contributed by atoms with Crippen LogP contribution >= 0.6 is 0 Å². The van der Waals surface area contributed by atoms with E-state index in [4.69, 9.17) is 0 Å². The average Bonchev–Trinajstić information content (AvgIpc) is 2.56. The Morgan fingerprint density at radius 2 is 1.61 bits per heavy atom. The van der Waals surface area contributed by atoms with Gasteiger partial charge in [0.15, 0.2) is 0 Å². The molecule has 3 heteroatoms. The molecule has 0 radical (unpaired) electrons. The number of rotatable bonds is 6. The van der Waals surface area contributed by atoms with Crippen molar-refractivity contribution in [2.75, 3.05) is 18.4 Å². The second kappa shape index (κ2) is 7.93. The van der Waals surface area contributed by atoms with Crippen LogP contribution in [0.5, 0.6) is 0 Å². The van der Waals surface area contributed by atoms with Crippen molar-refractivity contribution in [1.82, 2.24) is 4.90 Å². The first-order valence-electron chi connectivity index (χ1n) is 8.23. The zero-order chi connectivity index (χ0) is 16.8. The van der Waals surface area contributed by atoms with E-state index in [1.165, 1.54) is 16.7 Å². The highest BCUT2D eigenvalue weighted by Gasteiger charge is 2.07. The summed E-state index contributed by atoms with van der Waals surface area (Å²) in [5, 5.41) is 2.96. The fraction of sp³-hybridized carbons (Fsp3) is 0.350. The molecule has 0 saturated carbocycles. The summed E-state index contributed by atoms with van der Waals surface area (Å²) in [7, 11) is 0. The Bertz CT molecular complexity index is 658. The number of aryl methyl sites for hydroxylation is 2. The molecule has 3 nitrogen and oxygen atoms in total. The van der Waals surface area contributed by atoms with Crippen molar-refractivity contribution in [3.63, 3.8) is 0 Å². The Morgan fingerprint density at radius 3 is 2.17 bits per heavy atom. The highest BCUT2D eigenvalue weighted by atomic mass is 16.1. The summed E-state index contributed by atoms with van der Waals surface area (Å²) in [6.45, 7) is 11.4. The van der Waals surface area contributed by atoms with Gasteiger partial charge in [0.2, 0.25) is 0 Å². The lowest BCUT2D eigenvalue weighted by Gasteiger charge is -2.18. The van der Waals surface area contributed by atoms with Crippen molar-refractivity contribution >= 4 is 11.6 Å². The van der Waals surface area contributed by atoms with Crippen LogP contribution in [0.2, 0.25) is 0 Å². The molecule has 23 heavy (non-hydrogen) atoms. The highest BCUT2D eigenvalue weighted by Crippen LogP contribution is 2.16. The van der Waals surface area contributed by atoms with Gasteiger partial charge in [0.05, 0.1) is 0 Å². The Labute approximate surface area is 139 Å². The lowest BCUT2D eigenvalue weighted by Crippen LogP contribution is -2.22. The van der Waals surface area contributed by atoms with Gasteiger partial charge >= 0.3 is 0 Å². The predicted molar refractivity (Wildman–Crippen MR) is 96.9 cm³/mol. The highest BCUT2D eigenvalue weighted by molar-refractivity contribution is 6.04. The van der Waals surface area contributed by atoms with Gasteiger partial charge in [-0.2, -0.15) is 0 Å². The van der Waals surface area contributed by atoms with Crippen molar-refractivity contribution in [2.24, 2.45) is 0 Å². The van der Waals surface area contributed by atoms with Crippen molar-refractivity contribution in [3.8, 4) is 0 Å². The molecular weight excluding hydrogens is 284 g/mol. The van der Waals surface area contributed by atoms with E-state index in [0.29, 0.717) is 5.56 Å². The summed E-state index contributed by atoms with van der Waals surface area (Å²) in [6, 6.07) is 13.8. The molecule has 0 aliphatic heterocycles. The third-order valence-corrected chi connectivity index (χ3v) is 4.28. The zero-order valence-corrected chi connectivity index (χ0v) is 14.5. The zero-order valence-electron chi connectivity index (χ0n) is 14.5. The Morgan fingerprint density at radius 1 is 0.957 bits per heavy atom. The van der Waals surface area contributed by atoms with Crippen LogP contribution in [0, 0.1) is 13.8 Å². The van der Waals surface area contributed by atoms with Gasteiger partial charge in [-0.15, -0.1) is 0 Å². The number of hydrogen-bond acceptors (Lipinski definition) is 2. The Hall–Kier alpha value is -2.13. The summed E-state index contributed by atoms with van der Waals surface area (Å²) < 4.78 is 0. The molecule has 0 aliphatic carbocycles. The molecule has 2 aromatic rings. The summed E-state index contributed by atoms with van der Waals surface area (Å²) >= 11 is 0. The maximum absolute atomic E-state index is 12.3. The van der Waals surface area contributed by atoms with Crippen LogP contribution in [0.15, 0.2) is 42.5 Å². The van der Waals surface area contributed by atoms with Crippen LogP contribution in [-0.2, 0) is 6.54 Å². The quantitative estimate of drug-likeness (QED) is 0.858. The number of nitrogens with one attached hydrogen (secondary N) is 1. The first-order chi connectivity index (χ1) is 11.0. The number of nitrogens with zero attached hydrogens (tertiary/aromatic N) is 1. The summed E-state index contributed by atoms with van der Waals surface area (Å²) in [5.41, 5.74) is 5.16. The normalized spacial score (nSPS) is 10.8. The number of benzene rings is 2. The topological polar surface area (TPSA) is 32.3 Å². The smallest absolute Gasteiger partial charge is 0.255 e. The molecule has 2 aromatic carbocycles. The minimum Gasteiger partial charge on any atom is -0.322 e. The molecule has 1 N–H and O–H groups in total. The van der Waals surface area contributed by atoms with E-state index in [1.54, 1.807) is 0 Å². The van der Waals surface area contributed by atoms with Crippen LogP contribution in [0.3, 0.4) is 0 Å². The van der Waals surface area contributed by atoms with E-state index in [-0.39, 0.29) is 5.91 Å². The van der Waals surface area contributed by atoms with E-state index >= 15 is 0 Å². The Balaban J connectivity index is 2.03. The maximum atomic E-state index is 12.3. The van der Waals surface area contributed by atoms with Gasteiger partial charge in [-0.05, 0) is 67.9 Å². The Kier molecular flexibility index (Phi) is 5.94. The number of carbonyl (C=O) groups excluding carboxylic acids is 1. The van der Waals surface area contributed by atoms with Crippen LogP contribution in [0.1, 0.15) is 40.9 Å². The standard InChI is InChI=1S/C20H26N2O/c1-5-22(6-2)14-17-8-10-18(11-9-17)20(23)21-19-12-7-15(3)16(4)13-19/h7-13H,5-6,14H2,1-4H3,(H,21,23). The van der Waals surface area contributed by atoms with Gasteiger partial charge in [-0.3, -0.25) is 9.69 Å². The van der Waals surface area contributed by atoms with Gasteiger partial charge in [0.25, 0.3) is 5.91 Å². The van der Waals surface area contributed by atoms with Gasteiger partial charge < -0.3 is 5.32 Å². The molecule has 0 heterocycles. The summed E-state index contributed by atoms with van der Waals surface area (Å²) in [5.74, 6) is -0.0670. The predicted octanol–water partition coefficient (Wildman–Crippen LogP) is 4.40. The van der Waals surface area contributed by atoms with Crippen LogP contribution in [0.25, 0.3) is 0 Å². The molecule has 2 rings (SSSR count). The number of amides is 1. The number of carbonyl (C=O) groups is 1. The lowest BCUT2D eigenvalue weighted by atomic mass is 10.1. The second-order valence-electron chi connectivity index (χ2n) is 5.91. The number of anilines is 1. The molecule has 0 saturated heterocycles. The minimum atomic E-state index is -0.0670. The molecule has 0 spiro atoms. The largest absolute Gasteiger partial charge is 0.322 e. The summed E-state index contributed by atoms with van der Waals surface area (Å²) in [4.78, 5) is 14.7. The van der Waals surface area contributed by atoms with E-state index in [1.807, 2.05) is 49.4 Å². The maximum Gasteiger partial charge on any atom is 0.255 e. The lowest BCUT2D eigenvalue weighted by molar-refractivity contribution is 0.102. The molecular formula is C20H26N2O. The number of hydrogen-bond donors (Lipinski definition) is 1. The van der Waals surface area contributed by atoms with Crippen molar-refractivity contribution < 1.29 is 4.79 Å². The van der Waals surface area contributed by atoms with Crippen molar-refractivity contribution in [3.05, 3.63) is 64.7 Å². The first-order valence-corrected chi connectivity index (χ1v) is 8.23. The van der Waals surface area contributed by atoms with Crippen LogP contribution in [-0.4, -0.2) is 23.9 Å². The first kappa shape index (κ1) is 17.2. The SMILES string of the molecule is CCN(CC)Cc1ccc(C(=O)Nc2ccc(C)c(C)c2)cc1. The van der Waals surface area contributed by atoms with E-state index in [9.17, 15) is 4.79 Å². The molecule has 0 aliphatic rings. The third kappa shape index (κ3) is 4.67. The van der Waals surface area contributed by atoms with Gasteiger partial charge in [-0.1, -0.05) is 32.0 Å². The van der Waals surface area contributed by atoms with E-state index in [0.717, 1.165) is 25.3 Å². The molecule has 1 amide bonds.